The van der Waals surface area contributed by atoms with Crippen LogP contribution in [-0.2, 0) is 52.3 Å². The molecule has 0 unspecified atom stereocenters. The molecule has 2 aliphatic heterocycles. The van der Waals surface area contributed by atoms with Gasteiger partial charge in [0.2, 0.25) is 5.91 Å². The van der Waals surface area contributed by atoms with E-state index in [1.165, 1.54) is 11.3 Å². The lowest BCUT2D eigenvalue weighted by atomic mass is 9.85. The Morgan fingerprint density at radius 1 is 0.672 bits per heavy atom. The molecule has 61 heavy (non-hydrogen) atoms. The maximum Gasteiger partial charge on any atom is 0.417 e. The lowest BCUT2D eigenvalue weighted by Gasteiger charge is -2.41. The number of nitrogen functional groups attached to an aromatic ring is 1. The maximum atomic E-state index is 13.4. The number of carbonyl (C=O) groups excluding carboxylic acids is 3. The summed E-state index contributed by atoms with van der Waals surface area (Å²) < 4.78 is 114. The smallest absolute Gasteiger partial charge is 0.417 e. The van der Waals surface area contributed by atoms with Crippen molar-refractivity contribution in [2.45, 2.75) is 109 Å². The van der Waals surface area contributed by atoms with Crippen molar-refractivity contribution < 1.29 is 68.9 Å². The number of carbonyl (C=O) groups is 4. The fraction of sp³-hybridized carbons (Fsp3) is 0.415. The SMILES string of the molecule is CC1(C)Cc2c(sc(CC(=O)c3ccc(F)cc3C(F)(F)F)c2C(N)=O)C(C)(C)O1.CC1(C)Cc2c(sc(N)c2C(N)=O)C(C)(C)O1.O=C(O)c1ccc(F)cc1C(F)(F)F. The lowest BCUT2D eigenvalue weighted by Crippen LogP contribution is -2.42. The Labute approximate surface area is 353 Å². The Kier molecular flexibility index (Phi) is 13.4. The highest BCUT2D eigenvalue weighted by atomic mass is 32.1. The third kappa shape index (κ3) is 10.9. The zero-order chi connectivity index (χ0) is 46.6. The number of ether oxygens (including phenoxy) is 2. The van der Waals surface area contributed by atoms with Gasteiger partial charge in [0.15, 0.2) is 5.78 Å². The van der Waals surface area contributed by atoms with Crippen LogP contribution < -0.4 is 17.2 Å². The van der Waals surface area contributed by atoms with Gasteiger partial charge in [-0.2, -0.15) is 26.3 Å². The number of Topliss-reactive ketones (excluding diaryl/α,β-unsaturated/α-hetero) is 1. The normalized spacial score (nSPS) is 17.0. The first-order valence-electron chi connectivity index (χ1n) is 18.1. The number of carboxylic acid groups (broad SMARTS) is 1. The highest BCUT2D eigenvalue weighted by molar-refractivity contribution is 7.16. The summed E-state index contributed by atoms with van der Waals surface area (Å²) in [6.07, 6.45) is -9.18. The fourth-order valence-electron chi connectivity index (χ4n) is 7.56. The molecule has 6 rings (SSSR count). The molecule has 0 atom stereocenters. The Bertz CT molecular complexity index is 2400. The van der Waals surface area contributed by atoms with Gasteiger partial charge in [0.1, 0.15) is 11.6 Å². The molecule has 2 amide bonds. The quantitative estimate of drug-likeness (QED) is 0.109. The standard InChI is InChI=1S/C21H21F4NO3S.C12H18N2O2S.C8H4F4O2/c1-19(2)9-12-16(18(26)28)15(30-17(12)20(3,4)29-19)8-14(27)11-6-5-10(22)7-13(11)21(23,24)25;1-11(2)5-6-7(9(13)15)10(14)17-8(6)12(3,4)16-11;9-4-1-2-5(7(13)14)6(3-4)8(10,11)12/h5-7H,8-9H2,1-4H3,(H2,26,28);5,14H2,1-4H3,(H2,13,15);1-3H,(H,13,14). The van der Waals surface area contributed by atoms with Crippen LogP contribution in [0.4, 0.5) is 40.1 Å². The average molecular weight is 906 g/mol. The molecule has 2 aromatic carbocycles. The molecule has 0 radical (unpaired) electrons. The van der Waals surface area contributed by atoms with E-state index >= 15 is 0 Å². The van der Waals surface area contributed by atoms with Crippen molar-refractivity contribution in [3.05, 3.63) is 107 Å². The summed E-state index contributed by atoms with van der Waals surface area (Å²) in [4.78, 5) is 48.8. The molecule has 332 valence electrons. The molecule has 0 aliphatic carbocycles. The van der Waals surface area contributed by atoms with Crippen molar-refractivity contribution in [1.29, 1.82) is 0 Å². The number of hydrogen-bond donors (Lipinski definition) is 4. The molecule has 0 saturated heterocycles. The molecule has 0 bridgehead atoms. The minimum atomic E-state index is -4.89. The highest BCUT2D eigenvalue weighted by Gasteiger charge is 2.44. The minimum Gasteiger partial charge on any atom is -0.478 e. The van der Waals surface area contributed by atoms with E-state index in [2.05, 4.69) is 0 Å². The van der Waals surface area contributed by atoms with Gasteiger partial charge in [-0.05, 0) is 103 Å². The summed E-state index contributed by atoms with van der Waals surface area (Å²) in [5, 5.41) is 8.89. The zero-order valence-electron chi connectivity index (χ0n) is 34.1. The summed E-state index contributed by atoms with van der Waals surface area (Å²) in [6, 6.07) is 3.31. The first kappa shape index (κ1) is 48.7. The monoisotopic (exact) mass is 905 g/mol. The number of halogens is 8. The summed E-state index contributed by atoms with van der Waals surface area (Å²) in [6.45, 7) is 15.4. The zero-order valence-corrected chi connectivity index (χ0v) is 35.7. The molecule has 0 fully saturated rings. The molecular weight excluding hydrogens is 863 g/mol. The summed E-state index contributed by atoms with van der Waals surface area (Å²) in [7, 11) is 0. The number of benzene rings is 2. The molecule has 4 heterocycles. The highest BCUT2D eigenvalue weighted by Crippen LogP contribution is 2.48. The van der Waals surface area contributed by atoms with Gasteiger partial charge < -0.3 is 31.8 Å². The Morgan fingerprint density at radius 3 is 1.48 bits per heavy atom. The van der Waals surface area contributed by atoms with Crippen molar-refractivity contribution in [1.82, 2.24) is 0 Å². The van der Waals surface area contributed by atoms with Crippen molar-refractivity contribution >= 4 is 51.2 Å². The van der Waals surface area contributed by atoms with Gasteiger partial charge in [0.25, 0.3) is 5.91 Å². The van der Waals surface area contributed by atoms with E-state index in [1.54, 1.807) is 0 Å². The van der Waals surface area contributed by atoms with Gasteiger partial charge in [0.05, 0.1) is 55.2 Å². The van der Waals surface area contributed by atoms with Gasteiger partial charge in [-0.15, -0.1) is 22.7 Å². The predicted octanol–water partition coefficient (Wildman–Crippen LogP) is 9.57. The number of carboxylic acids is 1. The van der Waals surface area contributed by atoms with Crippen LogP contribution in [0.5, 0.6) is 0 Å². The second-order valence-corrected chi connectivity index (χ2v) is 18.6. The Balaban J connectivity index is 0.000000223. The van der Waals surface area contributed by atoms with Crippen LogP contribution in [0.25, 0.3) is 0 Å². The molecule has 4 aromatic rings. The largest absolute Gasteiger partial charge is 0.478 e. The van der Waals surface area contributed by atoms with Crippen molar-refractivity contribution in [2.24, 2.45) is 11.5 Å². The van der Waals surface area contributed by atoms with Gasteiger partial charge in [-0.1, -0.05) is 0 Å². The van der Waals surface area contributed by atoms with Crippen LogP contribution in [-0.4, -0.2) is 39.9 Å². The second kappa shape index (κ2) is 16.7. The molecule has 7 N–H and O–H groups in total. The topological polar surface area (TPSA) is 185 Å². The van der Waals surface area contributed by atoms with E-state index in [0.717, 1.165) is 33.9 Å². The third-order valence-corrected chi connectivity index (χ3v) is 12.3. The summed E-state index contributed by atoms with van der Waals surface area (Å²) in [5.74, 6) is -6.03. The second-order valence-electron chi connectivity index (χ2n) is 16.5. The maximum absolute atomic E-state index is 13.4. The molecule has 2 aliphatic rings. The summed E-state index contributed by atoms with van der Waals surface area (Å²) >= 11 is 2.54. The van der Waals surface area contributed by atoms with E-state index in [1.807, 2.05) is 55.4 Å². The third-order valence-electron chi connectivity index (χ3n) is 9.39. The first-order chi connectivity index (χ1) is 27.6. The number of thiophene rings is 2. The molecular formula is C41H43F8N3O7S2. The van der Waals surface area contributed by atoms with Crippen LogP contribution in [0, 0.1) is 11.6 Å². The average Bonchev–Trinajstić information content (AvgIpc) is 3.60. The molecule has 2 aromatic heterocycles. The van der Waals surface area contributed by atoms with E-state index in [4.69, 9.17) is 31.8 Å². The van der Waals surface area contributed by atoms with Crippen LogP contribution in [0.3, 0.4) is 0 Å². The van der Waals surface area contributed by atoms with Gasteiger partial charge in [-0.3, -0.25) is 14.4 Å². The molecule has 0 saturated carbocycles. The van der Waals surface area contributed by atoms with E-state index in [-0.39, 0.29) is 22.1 Å². The number of fused-ring (bicyclic) bond motifs is 2. The molecule has 20 heteroatoms. The Morgan fingerprint density at radius 2 is 1.07 bits per heavy atom. The first-order valence-corrected chi connectivity index (χ1v) is 19.8. The number of amides is 2. The number of alkyl halides is 6. The number of aromatic carboxylic acids is 1. The number of hydrogen-bond acceptors (Lipinski definition) is 9. The fourth-order valence-corrected chi connectivity index (χ4v) is 10.1. The van der Waals surface area contributed by atoms with Crippen molar-refractivity contribution in [3.8, 4) is 0 Å². The number of ketones is 1. The minimum absolute atomic E-state index is 0.156. The van der Waals surface area contributed by atoms with Crippen LogP contribution in [0.2, 0.25) is 0 Å². The number of primary amides is 2. The number of anilines is 1. The van der Waals surface area contributed by atoms with Crippen LogP contribution in [0.1, 0.15) is 134 Å². The van der Waals surface area contributed by atoms with Gasteiger partial charge >= 0.3 is 18.3 Å². The Hall–Kier alpha value is -4.92. The molecule has 10 nitrogen and oxygen atoms in total. The van der Waals surface area contributed by atoms with Gasteiger partial charge in [-0.25, -0.2) is 13.6 Å². The van der Waals surface area contributed by atoms with Crippen molar-refractivity contribution in [2.75, 3.05) is 5.73 Å². The van der Waals surface area contributed by atoms with Crippen molar-refractivity contribution in [3.63, 3.8) is 0 Å². The lowest BCUT2D eigenvalue weighted by molar-refractivity contribution is -0.138. The van der Waals surface area contributed by atoms with Crippen LogP contribution >= 0.6 is 22.7 Å². The van der Waals surface area contributed by atoms with E-state index < -0.39 is 93.0 Å². The van der Waals surface area contributed by atoms with Gasteiger partial charge in [0, 0.05) is 39.5 Å². The summed E-state index contributed by atoms with van der Waals surface area (Å²) in [5.41, 5.74) is 12.6. The number of nitrogens with two attached hydrogens (primary N) is 3. The number of rotatable bonds is 6. The van der Waals surface area contributed by atoms with E-state index in [9.17, 15) is 54.3 Å². The van der Waals surface area contributed by atoms with Crippen LogP contribution in [0.15, 0.2) is 36.4 Å². The predicted molar refractivity (Wildman–Crippen MR) is 212 cm³/mol. The molecule has 0 spiro atoms. The van der Waals surface area contributed by atoms with E-state index in [0.29, 0.717) is 52.0 Å².